The highest BCUT2D eigenvalue weighted by atomic mass is 35.5. The lowest BCUT2D eigenvalue weighted by Crippen LogP contribution is -2.40. The van der Waals surface area contributed by atoms with Crippen LogP contribution in [-0.4, -0.2) is 38.4 Å². The van der Waals surface area contributed by atoms with E-state index in [0.717, 1.165) is 30.7 Å². The molecule has 0 aromatic carbocycles. The first kappa shape index (κ1) is 14.3. The molecule has 1 aromatic rings. The van der Waals surface area contributed by atoms with Gasteiger partial charge in [0.25, 0.3) is 10.0 Å². The molecule has 0 spiro atoms. The lowest BCUT2D eigenvalue weighted by Gasteiger charge is -2.23. The van der Waals surface area contributed by atoms with Crippen LogP contribution >= 0.6 is 22.9 Å². The number of likely N-dealkylation sites (N-methyl/N-ethyl adjacent to an activating group) is 1. The van der Waals surface area contributed by atoms with Crippen LogP contribution in [0.4, 0.5) is 0 Å². The molecule has 0 saturated carbocycles. The van der Waals surface area contributed by atoms with Gasteiger partial charge in [0.1, 0.15) is 4.21 Å². The summed E-state index contributed by atoms with van der Waals surface area (Å²) in [7, 11) is -3.39. The van der Waals surface area contributed by atoms with Gasteiger partial charge in [-0.25, -0.2) is 8.42 Å². The van der Waals surface area contributed by atoms with Gasteiger partial charge in [0.15, 0.2) is 0 Å². The van der Waals surface area contributed by atoms with Gasteiger partial charge >= 0.3 is 0 Å². The molecule has 0 amide bonds. The van der Waals surface area contributed by atoms with E-state index in [0.29, 0.717) is 21.6 Å². The molecule has 2 rings (SSSR count). The molecule has 102 valence electrons. The third kappa shape index (κ3) is 3.05. The van der Waals surface area contributed by atoms with Crippen LogP contribution < -0.4 is 5.32 Å². The van der Waals surface area contributed by atoms with Crippen LogP contribution in [0.2, 0.25) is 4.34 Å². The molecule has 0 aliphatic carbocycles. The molecule has 1 fully saturated rings. The van der Waals surface area contributed by atoms with E-state index in [4.69, 9.17) is 11.6 Å². The smallest absolute Gasteiger partial charge is 0.252 e. The Morgan fingerprint density at radius 2 is 2.33 bits per heavy atom. The van der Waals surface area contributed by atoms with Crippen molar-refractivity contribution in [1.29, 1.82) is 0 Å². The van der Waals surface area contributed by atoms with Crippen LogP contribution in [0.3, 0.4) is 0 Å². The van der Waals surface area contributed by atoms with Crippen molar-refractivity contribution in [1.82, 2.24) is 9.62 Å². The van der Waals surface area contributed by atoms with E-state index >= 15 is 0 Å². The quantitative estimate of drug-likeness (QED) is 0.907. The van der Waals surface area contributed by atoms with E-state index in [1.807, 2.05) is 6.92 Å². The Morgan fingerprint density at radius 1 is 1.56 bits per heavy atom. The average molecular weight is 309 g/mol. The summed E-state index contributed by atoms with van der Waals surface area (Å²) >= 11 is 6.92. The summed E-state index contributed by atoms with van der Waals surface area (Å²) in [5.41, 5.74) is 0. The summed E-state index contributed by atoms with van der Waals surface area (Å²) in [4.78, 5) is 0. The molecule has 1 atom stereocenters. The third-order valence-electron chi connectivity index (χ3n) is 3.08. The SMILES string of the molecule is CCN(CC1CCCN1)S(=O)(=O)c1ccc(Cl)s1. The largest absolute Gasteiger partial charge is 0.313 e. The minimum absolute atomic E-state index is 0.273. The first-order valence-corrected chi connectivity index (χ1v) is 8.66. The second kappa shape index (κ2) is 5.88. The summed E-state index contributed by atoms with van der Waals surface area (Å²) in [6.07, 6.45) is 2.16. The Bertz CT molecular complexity index is 495. The Kier molecular flexibility index (Phi) is 4.66. The fourth-order valence-corrected chi connectivity index (χ4v) is 5.25. The Labute approximate surface area is 117 Å². The third-order valence-corrected chi connectivity index (χ3v) is 6.72. The number of thiophene rings is 1. The van der Waals surface area contributed by atoms with Crippen molar-refractivity contribution in [3.63, 3.8) is 0 Å². The van der Waals surface area contributed by atoms with E-state index in [-0.39, 0.29) is 6.04 Å². The Morgan fingerprint density at radius 3 is 2.83 bits per heavy atom. The number of nitrogens with one attached hydrogen (secondary N) is 1. The number of rotatable bonds is 5. The lowest BCUT2D eigenvalue weighted by molar-refractivity contribution is 0.384. The van der Waals surface area contributed by atoms with E-state index in [2.05, 4.69) is 5.32 Å². The topological polar surface area (TPSA) is 49.4 Å². The van der Waals surface area contributed by atoms with Gasteiger partial charge in [-0.1, -0.05) is 18.5 Å². The first-order chi connectivity index (χ1) is 8.54. The van der Waals surface area contributed by atoms with Crippen molar-refractivity contribution in [2.75, 3.05) is 19.6 Å². The summed E-state index contributed by atoms with van der Waals surface area (Å²) in [5, 5.41) is 3.32. The molecule has 2 heterocycles. The molecular weight excluding hydrogens is 292 g/mol. The second-order valence-electron chi connectivity index (χ2n) is 4.31. The standard InChI is InChI=1S/C11H17ClN2O2S2/c1-2-14(8-9-4-3-7-13-9)18(15,16)11-6-5-10(12)17-11/h5-6,9,13H,2-4,7-8H2,1H3. The zero-order valence-electron chi connectivity index (χ0n) is 10.2. The monoisotopic (exact) mass is 308 g/mol. The number of hydrogen-bond acceptors (Lipinski definition) is 4. The molecule has 1 saturated heterocycles. The number of nitrogens with zero attached hydrogens (tertiary/aromatic N) is 1. The van der Waals surface area contributed by atoms with Crippen LogP contribution in [0.25, 0.3) is 0 Å². The van der Waals surface area contributed by atoms with Crippen LogP contribution in [0.5, 0.6) is 0 Å². The highest BCUT2D eigenvalue weighted by Crippen LogP contribution is 2.28. The fraction of sp³-hybridized carbons (Fsp3) is 0.636. The van der Waals surface area contributed by atoms with E-state index in [1.165, 1.54) is 4.31 Å². The molecule has 0 radical (unpaired) electrons. The van der Waals surface area contributed by atoms with Crippen molar-refractivity contribution in [3.8, 4) is 0 Å². The molecule has 4 nitrogen and oxygen atoms in total. The van der Waals surface area contributed by atoms with Crippen molar-refractivity contribution < 1.29 is 8.42 Å². The van der Waals surface area contributed by atoms with E-state index < -0.39 is 10.0 Å². The highest BCUT2D eigenvalue weighted by Gasteiger charge is 2.28. The summed E-state index contributed by atoms with van der Waals surface area (Å²) in [6.45, 7) is 3.86. The van der Waals surface area contributed by atoms with E-state index in [1.54, 1.807) is 12.1 Å². The normalized spacial score (nSPS) is 20.7. The minimum Gasteiger partial charge on any atom is -0.313 e. The zero-order chi connectivity index (χ0) is 13.2. The Hall–Kier alpha value is -0.140. The first-order valence-electron chi connectivity index (χ1n) is 6.03. The number of sulfonamides is 1. The molecule has 7 heteroatoms. The van der Waals surface area contributed by atoms with Gasteiger partial charge < -0.3 is 5.32 Å². The highest BCUT2D eigenvalue weighted by molar-refractivity contribution is 7.91. The molecule has 1 aliphatic rings. The van der Waals surface area contributed by atoms with Crippen LogP contribution in [0.15, 0.2) is 16.3 Å². The molecular formula is C11H17ClN2O2S2. The van der Waals surface area contributed by atoms with Crippen molar-refractivity contribution in [2.45, 2.75) is 30.0 Å². The molecule has 1 aromatic heterocycles. The molecule has 1 N–H and O–H groups in total. The van der Waals surface area contributed by atoms with Gasteiger partial charge in [-0.2, -0.15) is 4.31 Å². The number of halogens is 1. The van der Waals surface area contributed by atoms with Gasteiger partial charge in [0, 0.05) is 19.1 Å². The second-order valence-corrected chi connectivity index (χ2v) is 8.19. The lowest BCUT2D eigenvalue weighted by atomic mass is 10.2. The van der Waals surface area contributed by atoms with Crippen LogP contribution in [0, 0.1) is 0 Å². The maximum Gasteiger partial charge on any atom is 0.252 e. The van der Waals surface area contributed by atoms with Gasteiger partial charge in [-0.3, -0.25) is 0 Å². The maximum atomic E-state index is 12.4. The maximum absolute atomic E-state index is 12.4. The summed E-state index contributed by atoms with van der Waals surface area (Å²) in [5.74, 6) is 0. The summed E-state index contributed by atoms with van der Waals surface area (Å²) in [6, 6.07) is 3.48. The van der Waals surface area contributed by atoms with Crippen molar-refractivity contribution >= 4 is 33.0 Å². The predicted molar refractivity (Wildman–Crippen MR) is 74.8 cm³/mol. The Balaban J connectivity index is 2.15. The zero-order valence-corrected chi connectivity index (χ0v) is 12.6. The van der Waals surface area contributed by atoms with Gasteiger partial charge in [-0.15, -0.1) is 11.3 Å². The fourth-order valence-electron chi connectivity index (χ4n) is 2.12. The van der Waals surface area contributed by atoms with Crippen molar-refractivity contribution in [2.24, 2.45) is 0 Å². The molecule has 1 aliphatic heterocycles. The average Bonchev–Trinajstić information content (AvgIpc) is 2.96. The van der Waals surface area contributed by atoms with Gasteiger partial charge in [0.05, 0.1) is 4.34 Å². The van der Waals surface area contributed by atoms with Crippen LogP contribution in [-0.2, 0) is 10.0 Å². The molecule has 18 heavy (non-hydrogen) atoms. The van der Waals surface area contributed by atoms with Crippen molar-refractivity contribution in [3.05, 3.63) is 16.5 Å². The van der Waals surface area contributed by atoms with Crippen LogP contribution in [0.1, 0.15) is 19.8 Å². The molecule has 1 unspecified atom stereocenters. The summed E-state index contributed by atoms with van der Waals surface area (Å²) < 4.78 is 27.2. The van der Waals surface area contributed by atoms with Gasteiger partial charge in [-0.05, 0) is 31.5 Å². The molecule has 0 bridgehead atoms. The van der Waals surface area contributed by atoms with E-state index in [9.17, 15) is 8.42 Å². The minimum atomic E-state index is -3.39. The van der Waals surface area contributed by atoms with Gasteiger partial charge in [0.2, 0.25) is 0 Å². The number of hydrogen-bond donors (Lipinski definition) is 1. The predicted octanol–water partition coefficient (Wildman–Crippen LogP) is 2.16.